The third kappa shape index (κ3) is 4.09. The van der Waals surface area contributed by atoms with Gasteiger partial charge in [0.2, 0.25) is 0 Å². The molecule has 0 saturated carbocycles. The highest BCUT2D eigenvalue weighted by Gasteiger charge is 2.32. The molecule has 0 atom stereocenters. The van der Waals surface area contributed by atoms with Gasteiger partial charge in [0.15, 0.2) is 11.3 Å². The number of hydrogen-bond donors (Lipinski definition) is 1. The quantitative estimate of drug-likeness (QED) is 0.524. The molecule has 0 aliphatic carbocycles. The maximum absolute atomic E-state index is 12.7. The van der Waals surface area contributed by atoms with Crippen molar-refractivity contribution in [2.24, 2.45) is 0 Å². The summed E-state index contributed by atoms with van der Waals surface area (Å²) in [6, 6.07) is 5.42. The van der Waals surface area contributed by atoms with E-state index in [1.54, 1.807) is 19.1 Å². The molecule has 4 heterocycles. The highest BCUT2D eigenvalue weighted by Crippen LogP contribution is 2.29. The summed E-state index contributed by atoms with van der Waals surface area (Å²) in [5.41, 5.74) is 2.99. The Morgan fingerprint density at radius 3 is 2.39 bits per heavy atom. The van der Waals surface area contributed by atoms with Crippen LogP contribution in [0, 0.1) is 25.2 Å². The average molecular weight is 422 g/mol. The minimum Gasteiger partial charge on any atom is -0.337 e. The molecule has 0 aliphatic heterocycles. The third-order valence-corrected chi connectivity index (χ3v) is 4.30. The molecule has 11 heteroatoms. The summed E-state index contributed by atoms with van der Waals surface area (Å²) < 4.78 is 38.1. The zero-order valence-corrected chi connectivity index (χ0v) is 16.2. The lowest BCUT2D eigenvalue weighted by molar-refractivity contribution is -0.141. The fraction of sp³-hybridized carbons (Fsp3) is 0.150. The van der Waals surface area contributed by atoms with E-state index in [0.29, 0.717) is 45.7 Å². The number of aryl methyl sites for hydroxylation is 2. The Morgan fingerprint density at radius 1 is 0.935 bits per heavy atom. The molecule has 0 aromatic carbocycles. The summed E-state index contributed by atoms with van der Waals surface area (Å²) in [5.74, 6) is 0.121. The lowest BCUT2D eigenvalue weighted by atomic mass is 10.1. The fourth-order valence-electron chi connectivity index (χ4n) is 2.91. The van der Waals surface area contributed by atoms with Crippen molar-refractivity contribution in [3.8, 4) is 17.5 Å². The number of anilines is 2. The van der Waals surface area contributed by atoms with Gasteiger partial charge >= 0.3 is 6.18 Å². The number of alkyl halides is 3. The maximum Gasteiger partial charge on any atom is 0.434 e. The molecule has 0 spiro atoms. The van der Waals surface area contributed by atoms with E-state index in [2.05, 4.69) is 35.2 Å². The minimum atomic E-state index is -4.56. The maximum atomic E-state index is 12.7. The van der Waals surface area contributed by atoms with Crippen molar-refractivity contribution in [2.75, 3.05) is 5.32 Å². The SMILES string of the molecule is Cc1cc(Nc2cnc(C(F)(F)F)cn2)c2ncc(-c3ncc(C#N)cc3C)nc2n1. The first kappa shape index (κ1) is 20.1. The molecule has 4 rings (SSSR count). The number of nitrogens with zero attached hydrogens (tertiary/aromatic N) is 7. The number of fused-ring (bicyclic) bond motifs is 1. The molecule has 0 bridgehead atoms. The summed E-state index contributed by atoms with van der Waals surface area (Å²) in [7, 11) is 0. The molecule has 154 valence electrons. The van der Waals surface area contributed by atoms with Crippen molar-refractivity contribution >= 4 is 22.7 Å². The predicted molar refractivity (Wildman–Crippen MR) is 105 cm³/mol. The number of aromatic nitrogens is 6. The molecule has 31 heavy (non-hydrogen) atoms. The van der Waals surface area contributed by atoms with Crippen LogP contribution in [-0.4, -0.2) is 29.9 Å². The lowest BCUT2D eigenvalue weighted by Gasteiger charge is -2.11. The smallest absolute Gasteiger partial charge is 0.337 e. The van der Waals surface area contributed by atoms with Gasteiger partial charge in [0.05, 0.1) is 35.5 Å². The molecule has 0 saturated heterocycles. The molecular weight excluding hydrogens is 409 g/mol. The van der Waals surface area contributed by atoms with Crippen molar-refractivity contribution in [1.29, 1.82) is 5.26 Å². The zero-order valence-electron chi connectivity index (χ0n) is 16.2. The van der Waals surface area contributed by atoms with Crippen LogP contribution in [0.2, 0.25) is 0 Å². The zero-order chi connectivity index (χ0) is 22.2. The van der Waals surface area contributed by atoms with Gasteiger partial charge in [0, 0.05) is 11.9 Å². The Morgan fingerprint density at radius 2 is 1.74 bits per heavy atom. The van der Waals surface area contributed by atoms with Gasteiger partial charge in [-0.1, -0.05) is 0 Å². The monoisotopic (exact) mass is 422 g/mol. The van der Waals surface area contributed by atoms with E-state index in [0.717, 1.165) is 11.8 Å². The number of hydrogen-bond acceptors (Lipinski definition) is 8. The second-order valence-electron chi connectivity index (χ2n) is 6.65. The Kier molecular flexibility index (Phi) is 4.90. The average Bonchev–Trinajstić information content (AvgIpc) is 2.72. The minimum absolute atomic E-state index is 0.121. The molecule has 0 unspecified atom stereocenters. The molecule has 1 N–H and O–H groups in total. The predicted octanol–water partition coefficient (Wildman–Crippen LogP) is 4.13. The second kappa shape index (κ2) is 7.56. The van der Waals surface area contributed by atoms with Crippen LogP contribution in [-0.2, 0) is 6.18 Å². The van der Waals surface area contributed by atoms with Crippen molar-refractivity contribution in [3.05, 3.63) is 59.4 Å². The van der Waals surface area contributed by atoms with Crippen LogP contribution in [0.1, 0.15) is 22.5 Å². The Balaban J connectivity index is 1.72. The molecule has 0 fully saturated rings. The first-order valence-corrected chi connectivity index (χ1v) is 8.92. The summed E-state index contributed by atoms with van der Waals surface area (Å²) in [5, 5.41) is 11.9. The highest BCUT2D eigenvalue weighted by molar-refractivity contribution is 5.88. The van der Waals surface area contributed by atoms with Crippen LogP contribution >= 0.6 is 0 Å². The van der Waals surface area contributed by atoms with Crippen molar-refractivity contribution in [3.63, 3.8) is 0 Å². The first-order chi connectivity index (χ1) is 14.7. The molecule has 4 aromatic rings. The number of pyridine rings is 2. The van der Waals surface area contributed by atoms with Crippen molar-refractivity contribution in [1.82, 2.24) is 29.9 Å². The number of halogens is 3. The van der Waals surface area contributed by atoms with Gasteiger partial charge in [-0.3, -0.25) is 4.98 Å². The van der Waals surface area contributed by atoms with Crippen LogP contribution in [0.3, 0.4) is 0 Å². The van der Waals surface area contributed by atoms with Gasteiger partial charge in [0.1, 0.15) is 23.1 Å². The normalized spacial score (nSPS) is 11.4. The van der Waals surface area contributed by atoms with E-state index in [1.807, 2.05) is 13.0 Å². The Hall–Kier alpha value is -4.20. The first-order valence-electron chi connectivity index (χ1n) is 8.92. The van der Waals surface area contributed by atoms with Gasteiger partial charge in [-0.15, -0.1) is 0 Å². The molecule has 0 radical (unpaired) electrons. The van der Waals surface area contributed by atoms with Gasteiger partial charge < -0.3 is 5.32 Å². The van der Waals surface area contributed by atoms with Crippen LogP contribution in [0.4, 0.5) is 24.7 Å². The summed E-state index contributed by atoms with van der Waals surface area (Å²) in [6.07, 6.45) is 0.0569. The van der Waals surface area contributed by atoms with Gasteiger partial charge in [0.25, 0.3) is 0 Å². The van der Waals surface area contributed by atoms with E-state index in [1.165, 1.54) is 12.4 Å². The molecule has 4 aromatic heterocycles. The van der Waals surface area contributed by atoms with Crippen molar-refractivity contribution in [2.45, 2.75) is 20.0 Å². The molecule has 0 aliphatic rings. The summed E-state index contributed by atoms with van der Waals surface area (Å²) in [4.78, 5) is 24.8. The number of nitriles is 1. The van der Waals surface area contributed by atoms with E-state index < -0.39 is 11.9 Å². The summed E-state index contributed by atoms with van der Waals surface area (Å²) in [6.45, 7) is 3.57. The second-order valence-corrected chi connectivity index (χ2v) is 6.65. The topological polar surface area (TPSA) is 113 Å². The highest BCUT2D eigenvalue weighted by atomic mass is 19.4. The lowest BCUT2D eigenvalue weighted by Crippen LogP contribution is -2.09. The Bertz CT molecular complexity index is 1330. The Labute approximate surface area is 173 Å². The molecular formula is C20H13F3N8. The van der Waals surface area contributed by atoms with Crippen LogP contribution in [0.25, 0.3) is 22.6 Å². The van der Waals surface area contributed by atoms with E-state index in [9.17, 15) is 13.2 Å². The van der Waals surface area contributed by atoms with E-state index >= 15 is 0 Å². The molecule has 0 amide bonds. The van der Waals surface area contributed by atoms with Crippen LogP contribution < -0.4 is 5.32 Å². The third-order valence-electron chi connectivity index (χ3n) is 4.30. The van der Waals surface area contributed by atoms with E-state index in [4.69, 9.17) is 5.26 Å². The van der Waals surface area contributed by atoms with E-state index in [-0.39, 0.29) is 5.82 Å². The number of nitrogens with one attached hydrogen (secondary N) is 1. The van der Waals surface area contributed by atoms with Crippen LogP contribution in [0.15, 0.2) is 36.9 Å². The standard InChI is InChI=1S/C20H13F3N8/c1-10-3-12(5-24)6-27-17(10)14-7-28-18-13(4-11(2)29-19(18)31-14)30-16-9-25-15(8-26-16)20(21,22)23/h3-4,6-9H,1-2H3,(H,26,29,30,31). The molecule has 8 nitrogen and oxygen atoms in total. The summed E-state index contributed by atoms with van der Waals surface area (Å²) >= 11 is 0. The van der Waals surface area contributed by atoms with Crippen LogP contribution in [0.5, 0.6) is 0 Å². The van der Waals surface area contributed by atoms with Gasteiger partial charge in [-0.25, -0.2) is 24.9 Å². The van der Waals surface area contributed by atoms with Crippen molar-refractivity contribution < 1.29 is 13.2 Å². The fourth-order valence-corrected chi connectivity index (χ4v) is 2.91. The van der Waals surface area contributed by atoms with Gasteiger partial charge in [-0.05, 0) is 31.5 Å². The largest absolute Gasteiger partial charge is 0.434 e. The number of rotatable bonds is 3. The van der Waals surface area contributed by atoms with Gasteiger partial charge in [-0.2, -0.15) is 18.4 Å².